The normalized spacial score (nSPS) is 14.1. The molecule has 0 bridgehead atoms. The number of nitrogens with zero attached hydrogens (tertiary/aromatic N) is 5. The summed E-state index contributed by atoms with van der Waals surface area (Å²) in [6.07, 6.45) is 1.47. The van der Waals surface area contributed by atoms with Crippen molar-refractivity contribution in [2.24, 2.45) is 5.92 Å². The number of ether oxygens (including phenoxy) is 1. The smallest absolute Gasteiger partial charge is 0.278 e. The molecule has 0 aliphatic carbocycles. The van der Waals surface area contributed by atoms with Crippen LogP contribution in [0, 0.1) is 5.92 Å². The first-order valence-electron chi connectivity index (χ1n) is 11.2. The molecule has 5 rings (SSSR count). The molecule has 0 spiro atoms. The number of aromatic nitrogens is 4. The van der Waals surface area contributed by atoms with Crippen LogP contribution in [0.1, 0.15) is 12.8 Å². The highest BCUT2D eigenvalue weighted by Crippen LogP contribution is 2.26. The summed E-state index contributed by atoms with van der Waals surface area (Å²) >= 11 is 6.04. The number of piperidine rings is 1. The van der Waals surface area contributed by atoms with E-state index in [1.807, 2.05) is 42.5 Å². The van der Waals surface area contributed by atoms with Crippen LogP contribution >= 0.6 is 11.6 Å². The minimum absolute atomic E-state index is 0.0307. The Balaban J connectivity index is 1.17. The predicted molar refractivity (Wildman–Crippen MR) is 132 cm³/mol. The number of carbonyl (C=O) groups is 1. The van der Waals surface area contributed by atoms with Gasteiger partial charge < -0.3 is 19.5 Å². The van der Waals surface area contributed by atoms with Crippen molar-refractivity contribution in [1.29, 1.82) is 0 Å². The van der Waals surface area contributed by atoms with E-state index in [1.54, 1.807) is 25.3 Å². The Morgan fingerprint density at radius 2 is 1.89 bits per heavy atom. The van der Waals surface area contributed by atoms with Crippen molar-refractivity contribution in [3.8, 4) is 28.7 Å². The number of rotatable bonds is 6. The number of hydrogen-bond donors (Lipinski definition) is 1. The maximum Gasteiger partial charge on any atom is 0.278 e. The lowest BCUT2D eigenvalue weighted by molar-refractivity contribution is -0.120. The van der Waals surface area contributed by atoms with E-state index in [1.165, 1.54) is 0 Å². The zero-order valence-corrected chi connectivity index (χ0v) is 19.8. The molecule has 4 aromatic rings. The van der Waals surface area contributed by atoms with Gasteiger partial charge in [-0.25, -0.2) is 0 Å². The van der Waals surface area contributed by atoms with Crippen LogP contribution in [0.4, 0.5) is 11.5 Å². The maximum absolute atomic E-state index is 12.7. The second-order valence-corrected chi connectivity index (χ2v) is 8.63. The maximum atomic E-state index is 12.7. The Hall–Kier alpha value is -3.98. The Morgan fingerprint density at radius 3 is 2.57 bits per heavy atom. The number of amides is 1. The van der Waals surface area contributed by atoms with E-state index in [0.29, 0.717) is 29.6 Å². The molecule has 2 aromatic carbocycles. The van der Waals surface area contributed by atoms with Gasteiger partial charge in [0.15, 0.2) is 11.5 Å². The fraction of sp³-hybridized carbons (Fsp3) is 0.240. The second-order valence-electron chi connectivity index (χ2n) is 8.19. The highest BCUT2D eigenvalue weighted by molar-refractivity contribution is 6.30. The van der Waals surface area contributed by atoms with Crippen LogP contribution in [0.3, 0.4) is 0 Å². The van der Waals surface area contributed by atoms with Gasteiger partial charge in [-0.15, -0.1) is 10.2 Å². The molecule has 10 heteroatoms. The minimum Gasteiger partial charge on any atom is -0.497 e. The Labute approximate surface area is 207 Å². The standard InChI is InChI=1S/C25H23ClN6O3/c1-34-20-7-5-19(6-8-20)27-24(33)16-11-13-32(14-12-16)22-10-9-21(29-30-22)25-28-23(31-35-25)17-3-2-4-18(26)15-17/h2-10,15-16H,11-14H2,1H3,(H,27,33). The van der Waals surface area contributed by atoms with E-state index in [-0.39, 0.29) is 17.7 Å². The fourth-order valence-electron chi connectivity index (χ4n) is 3.97. The SMILES string of the molecule is COc1ccc(NC(=O)C2CCN(c3ccc(-c4nc(-c5cccc(Cl)c5)no4)nn3)CC2)cc1. The molecule has 0 radical (unpaired) electrons. The van der Waals surface area contributed by atoms with Crippen LogP contribution in [-0.4, -0.2) is 46.4 Å². The van der Waals surface area contributed by atoms with Crippen molar-refractivity contribution >= 4 is 29.0 Å². The highest BCUT2D eigenvalue weighted by Gasteiger charge is 2.26. The molecular weight excluding hydrogens is 468 g/mol. The van der Waals surface area contributed by atoms with Crippen molar-refractivity contribution in [1.82, 2.24) is 20.3 Å². The summed E-state index contributed by atoms with van der Waals surface area (Å²) in [5, 5.41) is 16.2. The van der Waals surface area contributed by atoms with Crippen LogP contribution in [-0.2, 0) is 4.79 Å². The van der Waals surface area contributed by atoms with Crippen molar-refractivity contribution in [2.75, 3.05) is 30.4 Å². The van der Waals surface area contributed by atoms with Gasteiger partial charge in [0, 0.05) is 35.3 Å². The van der Waals surface area contributed by atoms with E-state index in [9.17, 15) is 4.79 Å². The topological polar surface area (TPSA) is 106 Å². The van der Waals surface area contributed by atoms with Crippen LogP contribution in [0.5, 0.6) is 5.75 Å². The first kappa shape index (κ1) is 22.8. The lowest BCUT2D eigenvalue weighted by atomic mass is 9.96. The summed E-state index contributed by atoms with van der Waals surface area (Å²) in [7, 11) is 1.61. The van der Waals surface area contributed by atoms with Crippen LogP contribution in [0.15, 0.2) is 65.2 Å². The minimum atomic E-state index is -0.0520. The van der Waals surface area contributed by atoms with Gasteiger partial charge in [0.2, 0.25) is 11.7 Å². The number of hydrogen-bond acceptors (Lipinski definition) is 8. The molecular formula is C25H23ClN6O3. The number of anilines is 2. The Morgan fingerprint density at radius 1 is 1.09 bits per heavy atom. The van der Waals surface area contributed by atoms with Gasteiger partial charge in [0.1, 0.15) is 5.75 Å². The number of carbonyl (C=O) groups excluding carboxylic acids is 1. The molecule has 0 atom stereocenters. The second kappa shape index (κ2) is 10.1. The summed E-state index contributed by atoms with van der Waals surface area (Å²) in [6.45, 7) is 1.43. The Kier molecular flexibility index (Phi) is 6.58. The predicted octanol–water partition coefficient (Wildman–Crippen LogP) is 4.71. The summed E-state index contributed by atoms with van der Waals surface area (Å²) in [6, 6.07) is 18.3. The molecule has 1 aliphatic heterocycles. The third-order valence-electron chi connectivity index (χ3n) is 5.93. The van der Waals surface area contributed by atoms with Gasteiger partial charge in [0.25, 0.3) is 5.89 Å². The van der Waals surface area contributed by atoms with E-state index in [2.05, 4.69) is 30.6 Å². The average molecular weight is 491 g/mol. The van der Waals surface area contributed by atoms with E-state index >= 15 is 0 Å². The molecule has 1 saturated heterocycles. The molecule has 3 heterocycles. The first-order chi connectivity index (χ1) is 17.1. The molecule has 1 N–H and O–H groups in total. The molecule has 1 amide bonds. The van der Waals surface area contributed by atoms with Crippen LogP contribution in [0.2, 0.25) is 5.02 Å². The Bertz CT molecular complexity index is 1300. The molecule has 178 valence electrons. The zero-order valence-electron chi connectivity index (χ0n) is 19.0. The lowest BCUT2D eigenvalue weighted by Crippen LogP contribution is -2.38. The molecule has 2 aromatic heterocycles. The quantitative estimate of drug-likeness (QED) is 0.414. The highest BCUT2D eigenvalue weighted by atomic mass is 35.5. The monoisotopic (exact) mass is 490 g/mol. The summed E-state index contributed by atoms with van der Waals surface area (Å²) in [5.41, 5.74) is 2.01. The van der Waals surface area contributed by atoms with Crippen molar-refractivity contribution < 1.29 is 14.1 Å². The van der Waals surface area contributed by atoms with Crippen molar-refractivity contribution in [3.05, 3.63) is 65.7 Å². The van der Waals surface area contributed by atoms with E-state index < -0.39 is 0 Å². The number of benzene rings is 2. The number of halogens is 1. The molecule has 0 unspecified atom stereocenters. The largest absolute Gasteiger partial charge is 0.497 e. The van der Waals surface area contributed by atoms with Gasteiger partial charge in [-0.3, -0.25) is 4.79 Å². The molecule has 0 saturated carbocycles. The summed E-state index contributed by atoms with van der Waals surface area (Å²) in [4.78, 5) is 19.2. The average Bonchev–Trinajstić information content (AvgIpc) is 3.40. The summed E-state index contributed by atoms with van der Waals surface area (Å²) < 4.78 is 10.5. The molecule has 35 heavy (non-hydrogen) atoms. The van der Waals surface area contributed by atoms with Gasteiger partial charge in [-0.1, -0.05) is 28.9 Å². The van der Waals surface area contributed by atoms with Gasteiger partial charge in [-0.05, 0) is 61.4 Å². The third-order valence-corrected chi connectivity index (χ3v) is 6.16. The van der Waals surface area contributed by atoms with Crippen LogP contribution < -0.4 is 15.0 Å². The van der Waals surface area contributed by atoms with E-state index in [4.69, 9.17) is 20.9 Å². The third kappa shape index (κ3) is 5.25. The van der Waals surface area contributed by atoms with Gasteiger partial charge >= 0.3 is 0 Å². The van der Waals surface area contributed by atoms with Gasteiger partial charge in [0.05, 0.1) is 7.11 Å². The molecule has 1 fully saturated rings. The van der Waals surface area contributed by atoms with E-state index in [0.717, 1.165) is 35.7 Å². The fourth-order valence-corrected chi connectivity index (χ4v) is 4.16. The molecule has 9 nitrogen and oxygen atoms in total. The number of methoxy groups -OCH3 is 1. The summed E-state index contributed by atoms with van der Waals surface area (Å²) in [5.74, 6) is 2.20. The molecule has 1 aliphatic rings. The number of nitrogens with one attached hydrogen (secondary N) is 1. The van der Waals surface area contributed by atoms with Crippen LogP contribution in [0.25, 0.3) is 23.0 Å². The van der Waals surface area contributed by atoms with Crippen molar-refractivity contribution in [2.45, 2.75) is 12.8 Å². The first-order valence-corrected chi connectivity index (χ1v) is 11.6. The van der Waals surface area contributed by atoms with Crippen molar-refractivity contribution in [3.63, 3.8) is 0 Å². The zero-order chi connectivity index (χ0) is 24.2. The van der Waals surface area contributed by atoms with Gasteiger partial charge in [-0.2, -0.15) is 4.98 Å². The lowest BCUT2D eigenvalue weighted by Gasteiger charge is -2.31.